The summed E-state index contributed by atoms with van der Waals surface area (Å²) in [5.41, 5.74) is 2.07. The molecule has 256 valence electrons. The van der Waals surface area contributed by atoms with E-state index in [1.807, 2.05) is 30.3 Å². The first kappa shape index (κ1) is 37.1. The summed E-state index contributed by atoms with van der Waals surface area (Å²) in [5, 5.41) is 59.7. The van der Waals surface area contributed by atoms with Gasteiger partial charge in [-0.3, -0.25) is 19.2 Å². The van der Waals surface area contributed by atoms with Crippen LogP contribution in [0.2, 0.25) is 0 Å². The number of rotatable bonds is 16. The van der Waals surface area contributed by atoms with Crippen molar-refractivity contribution in [1.29, 1.82) is 0 Å². The zero-order valence-corrected chi connectivity index (χ0v) is 26.0. The van der Waals surface area contributed by atoms with Gasteiger partial charge >= 0.3 is 11.9 Å². The molecule has 15 nitrogen and oxygen atoms in total. The Hall–Kier alpha value is -4.41. The van der Waals surface area contributed by atoms with E-state index in [-0.39, 0.29) is 31.4 Å². The minimum Gasteiger partial charge on any atom is -0.481 e. The third-order valence-corrected chi connectivity index (χ3v) is 7.63. The van der Waals surface area contributed by atoms with Crippen molar-refractivity contribution in [2.45, 2.75) is 81.8 Å². The van der Waals surface area contributed by atoms with Crippen LogP contribution in [0.25, 0.3) is 11.1 Å². The van der Waals surface area contributed by atoms with Crippen molar-refractivity contribution in [1.82, 2.24) is 16.0 Å². The van der Waals surface area contributed by atoms with E-state index in [1.54, 1.807) is 24.3 Å². The highest BCUT2D eigenvalue weighted by atomic mass is 16.7. The van der Waals surface area contributed by atoms with Gasteiger partial charge < -0.3 is 51.0 Å². The van der Waals surface area contributed by atoms with Crippen LogP contribution in [0.4, 0.5) is 0 Å². The van der Waals surface area contributed by atoms with Crippen molar-refractivity contribution in [2.75, 3.05) is 13.2 Å². The van der Waals surface area contributed by atoms with Crippen LogP contribution in [0.3, 0.4) is 0 Å². The number of carboxylic acid groups (broad SMARTS) is 2. The molecule has 0 aliphatic carbocycles. The number of amides is 3. The molecule has 1 heterocycles. The van der Waals surface area contributed by atoms with Crippen LogP contribution in [0.5, 0.6) is 0 Å². The highest BCUT2D eigenvalue weighted by Crippen LogP contribution is 2.34. The largest absolute Gasteiger partial charge is 0.481 e. The second-order valence-electron chi connectivity index (χ2n) is 11.2. The second kappa shape index (κ2) is 16.9. The van der Waals surface area contributed by atoms with Crippen LogP contribution >= 0.6 is 0 Å². The molecular weight excluding hydrogens is 618 g/mol. The number of ether oxygens (including phenoxy) is 2. The van der Waals surface area contributed by atoms with Gasteiger partial charge in [0.05, 0.1) is 24.8 Å². The van der Waals surface area contributed by atoms with Gasteiger partial charge in [0.2, 0.25) is 11.8 Å². The van der Waals surface area contributed by atoms with Crippen LogP contribution in [-0.4, -0.2) is 111 Å². The summed E-state index contributed by atoms with van der Waals surface area (Å²) in [6.45, 7) is 1.32. The first-order chi connectivity index (χ1) is 22.3. The van der Waals surface area contributed by atoms with Gasteiger partial charge in [0.1, 0.15) is 18.3 Å². The molecule has 0 bridgehead atoms. The van der Waals surface area contributed by atoms with Gasteiger partial charge in [-0.1, -0.05) is 48.9 Å². The van der Waals surface area contributed by atoms with Gasteiger partial charge in [-0.25, -0.2) is 4.79 Å². The van der Waals surface area contributed by atoms with Gasteiger partial charge in [-0.05, 0) is 36.1 Å². The maximum atomic E-state index is 12.8. The lowest BCUT2D eigenvalue weighted by molar-refractivity contribution is -0.333. The number of nitrogens with one attached hydrogen (secondary N) is 3. The molecular formula is C32H41N3O12. The van der Waals surface area contributed by atoms with E-state index < -0.39 is 78.5 Å². The van der Waals surface area contributed by atoms with E-state index in [0.29, 0.717) is 6.42 Å². The number of carboxylic acids is 2. The molecule has 3 amide bonds. The Morgan fingerprint density at radius 2 is 1.45 bits per heavy atom. The van der Waals surface area contributed by atoms with Crippen molar-refractivity contribution in [3.63, 3.8) is 0 Å². The lowest BCUT2D eigenvalue weighted by Gasteiger charge is -2.50. The summed E-state index contributed by atoms with van der Waals surface area (Å²) in [6.07, 6.45) is -7.04. The topological polar surface area (TPSA) is 241 Å². The Balaban J connectivity index is 1.80. The average Bonchev–Trinajstić information content (AvgIpc) is 3.03. The molecule has 2 aromatic carbocycles. The zero-order valence-electron chi connectivity index (χ0n) is 26.0. The first-order valence-corrected chi connectivity index (χ1v) is 15.1. The number of aliphatic hydroxyl groups is 3. The van der Waals surface area contributed by atoms with Crippen molar-refractivity contribution in [3.8, 4) is 11.1 Å². The van der Waals surface area contributed by atoms with Crippen LogP contribution < -0.4 is 16.0 Å². The van der Waals surface area contributed by atoms with Gasteiger partial charge in [0.25, 0.3) is 11.7 Å². The Morgan fingerprint density at radius 1 is 0.851 bits per heavy atom. The SMILES string of the molecule is CC(=O)N[C@@H]1[C@@H](NC(C)=O)[C@H](O)[C@](OCCCCCC(=O)O)(C(=O)O)O[C@H]1[C@H](O)[C@H](O)CNC(=O)c1ccc(-c2ccccc2)cc1. The Labute approximate surface area is 270 Å². The number of aliphatic hydroxyl groups excluding tert-OH is 3. The number of carbonyl (C=O) groups is 5. The summed E-state index contributed by atoms with van der Waals surface area (Å²) in [5.74, 6) is -7.72. The minimum atomic E-state index is -2.88. The smallest absolute Gasteiger partial charge is 0.367 e. The molecule has 2 aromatic rings. The Morgan fingerprint density at radius 3 is 2.02 bits per heavy atom. The molecule has 0 spiro atoms. The number of benzene rings is 2. The van der Waals surface area contributed by atoms with E-state index in [9.17, 15) is 44.4 Å². The highest BCUT2D eigenvalue weighted by molar-refractivity contribution is 5.94. The van der Waals surface area contributed by atoms with E-state index in [0.717, 1.165) is 25.0 Å². The van der Waals surface area contributed by atoms with E-state index in [4.69, 9.17) is 14.6 Å². The van der Waals surface area contributed by atoms with Gasteiger partial charge in [0.15, 0.2) is 0 Å². The lowest BCUT2D eigenvalue weighted by Crippen LogP contribution is -2.77. The Kier molecular flexibility index (Phi) is 13.4. The predicted octanol–water partition coefficient (Wildman–Crippen LogP) is 0.0168. The number of unbranched alkanes of at least 4 members (excludes halogenated alkanes) is 2. The third-order valence-electron chi connectivity index (χ3n) is 7.63. The monoisotopic (exact) mass is 659 g/mol. The fourth-order valence-corrected chi connectivity index (χ4v) is 5.30. The van der Waals surface area contributed by atoms with Gasteiger partial charge in [-0.2, -0.15) is 0 Å². The minimum absolute atomic E-state index is 0.117. The molecule has 0 aromatic heterocycles. The number of hydrogen-bond acceptors (Lipinski definition) is 10. The van der Waals surface area contributed by atoms with Crippen LogP contribution in [-0.2, 0) is 28.7 Å². The summed E-state index contributed by atoms with van der Waals surface area (Å²) in [6, 6.07) is 13.1. The van der Waals surface area contributed by atoms with E-state index in [1.165, 1.54) is 0 Å². The quantitative estimate of drug-likeness (QED) is 0.111. The van der Waals surface area contributed by atoms with Crippen molar-refractivity contribution < 1.29 is 59.0 Å². The second-order valence-corrected chi connectivity index (χ2v) is 11.2. The van der Waals surface area contributed by atoms with Crippen molar-refractivity contribution >= 4 is 29.7 Å². The highest BCUT2D eigenvalue weighted by Gasteiger charge is 2.62. The summed E-state index contributed by atoms with van der Waals surface area (Å²) in [7, 11) is 0. The van der Waals surface area contributed by atoms with E-state index >= 15 is 0 Å². The van der Waals surface area contributed by atoms with Crippen molar-refractivity contribution in [2.24, 2.45) is 0 Å². The maximum Gasteiger partial charge on any atom is 0.367 e. The normalized spacial score (nSPS) is 23.6. The summed E-state index contributed by atoms with van der Waals surface area (Å²) >= 11 is 0. The molecule has 3 rings (SSSR count). The molecule has 47 heavy (non-hydrogen) atoms. The molecule has 0 unspecified atom stereocenters. The zero-order chi connectivity index (χ0) is 34.7. The van der Waals surface area contributed by atoms with Crippen LogP contribution in [0.15, 0.2) is 54.6 Å². The van der Waals surface area contributed by atoms with Crippen LogP contribution in [0.1, 0.15) is 49.9 Å². The number of hydrogen-bond donors (Lipinski definition) is 8. The molecule has 1 aliphatic rings. The molecule has 0 radical (unpaired) electrons. The molecule has 7 atom stereocenters. The molecule has 15 heteroatoms. The molecule has 0 saturated carbocycles. The fourth-order valence-electron chi connectivity index (χ4n) is 5.30. The van der Waals surface area contributed by atoms with Gasteiger partial charge in [-0.15, -0.1) is 0 Å². The molecule has 1 aliphatic heterocycles. The molecule has 1 saturated heterocycles. The standard InChI is InChI=1S/C32H41N3O12/c1-18(36)34-25-26(35-19(2)37)29(42)32(31(44)45,46-16-8-4-7-11-24(39)40)47-28(25)27(41)23(38)17-33-30(43)22-14-12-21(13-15-22)20-9-5-3-6-10-20/h3,5-6,9-10,12-15,23,25-29,38,41-42H,4,7-8,11,16-17H2,1-2H3,(H,33,43)(H,34,36)(H,35,37)(H,39,40)(H,44,45)/t23-,25-,26-,27-,28-,29+,32-/m1/s1. The van der Waals surface area contributed by atoms with Crippen LogP contribution in [0, 0.1) is 0 Å². The molecule has 1 fully saturated rings. The molecule has 8 N–H and O–H groups in total. The van der Waals surface area contributed by atoms with E-state index in [2.05, 4.69) is 16.0 Å². The fraction of sp³-hybridized carbons (Fsp3) is 0.469. The first-order valence-electron chi connectivity index (χ1n) is 15.1. The lowest BCUT2D eigenvalue weighted by atomic mass is 9.84. The number of carbonyl (C=O) groups excluding carboxylic acids is 3. The summed E-state index contributed by atoms with van der Waals surface area (Å²) < 4.78 is 11.2. The Bertz CT molecular complexity index is 1390. The maximum absolute atomic E-state index is 12.8. The number of aliphatic carboxylic acids is 2. The average molecular weight is 660 g/mol. The predicted molar refractivity (Wildman–Crippen MR) is 165 cm³/mol. The van der Waals surface area contributed by atoms with Gasteiger partial charge in [0, 0.05) is 32.4 Å². The summed E-state index contributed by atoms with van der Waals surface area (Å²) in [4.78, 5) is 60.5. The third kappa shape index (κ3) is 9.79. The van der Waals surface area contributed by atoms with Crippen molar-refractivity contribution in [3.05, 3.63) is 60.2 Å².